The first-order chi connectivity index (χ1) is 10.3. The van der Waals surface area contributed by atoms with Crippen molar-refractivity contribution in [3.8, 4) is 0 Å². The quantitative estimate of drug-likeness (QED) is 0.921. The third-order valence-corrected chi connectivity index (χ3v) is 5.36. The maximum atomic E-state index is 12.2. The zero-order valence-corrected chi connectivity index (χ0v) is 14.2. The van der Waals surface area contributed by atoms with Crippen molar-refractivity contribution in [1.29, 1.82) is 0 Å². The van der Waals surface area contributed by atoms with Gasteiger partial charge < -0.3 is 5.32 Å². The highest BCUT2D eigenvalue weighted by molar-refractivity contribution is 7.89. The Morgan fingerprint density at radius 2 is 1.77 bits per heavy atom. The molecule has 2 aromatic carbocycles. The molecule has 0 saturated carbocycles. The predicted octanol–water partition coefficient (Wildman–Crippen LogP) is 3.17. The molecule has 1 N–H and O–H groups in total. The van der Waals surface area contributed by atoms with Crippen LogP contribution >= 0.6 is 0 Å². The van der Waals surface area contributed by atoms with Crippen LogP contribution in [0.4, 0.5) is 5.69 Å². The fourth-order valence-corrected chi connectivity index (χ4v) is 3.12. The van der Waals surface area contributed by atoms with Gasteiger partial charge >= 0.3 is 0 Å². The van der Waals surface area contributed by atoms with E-state index < -0.39 is 10.0 Å². The third-order valence-electron chi connectivity index (χ3n) is 3.55. The highest BCUT2D eigenvalue weighted by Gasteiger charge is 2.17. The summed E-state index contributed by atoms with van der Waals surface area (Å²) in [6.07, 6.45) is 0. The molecule has 0 radical (unpaired) electrons. The molecule has 0 aliphatic carbocycles. The molecule has 4 nitrogen and oxygen atoms in total. The average Bonchev–Trinajstić information content (AvgIpc) is 2.48. The molecule has 0 amide bonds. The summed E-state index contributed by atoms with van der Waals surface area (Å²) >= 11 is 0. The number of hydrogen-bond acceptors (Lipinski definition) is 3. The Morgan fingerprint density at radius 1 is 1.05 bits per heavy atom. The molecule has 0 heterocycles. The molecule has 0 aliphatic heterocycles. The van der Waals surface area contributed by atoms with Gasteiger partial charge in [0.1, 0.15) is 0 Å². The molecule has 0 atom stereocenters. The van der Waals surface area contributed by atoms with Crippen LogP contribution in [0.5, 0.6) is 0 Å². The van der Waals surface area contributed by atoms with Gasteiger partial charge in [0.2, 0.25) is 10.0 Å². The van der Waals surface area contributed by atoms with Crippen LogP contribution in [0.25, 0.3) is 0 Å². The van der Waals surface area contributed by atoms with E-state index in [4.69, 9.17) is 0 Å². The molecule has 0 bridgehead atoms. The van der Waals surface area contributed by atoms with Gasteiger partial charge in [0.15, 0.2) is 0 Å². The lowest BCUT2D eigenvalue weighted by Crippen LogP contribution is -2.22. The molecule has 0 saturated heterocycles. The lowest BCUT2D eigenvalue weighted by molar-refractivity contribution is 0.520. The molecule has 118 valence electrons. The fourth-order valence-electron chi connectivity index (χ4n) is 2.15. The Labute approximate surface area is 132 Å². The molecule has 0 spiro atoms. The third kappa shape index (κ3) is 3.67. The van der Waals surface area contributed by atoms with Crippen molar-refractivity contribution in [2.45, 2.75) is 25.3 Å². The molecule has 0 aliphatic rings. The first-order valence-corrected chi connectivity index (χ1v) is 8.57. The predicted molar refractivity (Wildman–Crippen MR) is 90.6 cm³/mol. The first kappa shape index (κ1) is 16.5. The SMILES string of the molecule is Cc1ccc(C)c(NCc2cccc(S(=O)(=O)N(C)C)c2)c1. The van der Waals surface area contributed by atoms with E-state index in [1.165, 1.54) is 29.5 Å². The number of rotatable bonds is 5. The van der Waals surface area contributed by atoms with Crippen LogP contribution < -0.4 is 5.32 Å². The Kier molecular flexibility index (Phi) is 4.88. The minimum absolute atomic E-state index is 0.317. The maximum absolute atomic E-state index is 12.2. The zero-order valence-electron chi connectivity index (χ0n) is 13.4. The van der Waals surface area contributed by atoms with Crippen LogP contribution in [0.1, 0.15) is 16.7 Å². The van der Waals surface area contributed by atoms with Gasteiger partial charge in [-0.1, -0.05) is 24.3 Å². The van der Waals surface area contributed by atoms with Gasteiger partial charge in [-0.25, -0.2) is 12.7 Å². The lowest BCUT2D eigenvalue weighted by atomic mass is 10.1. The molecule has 0 unspecified atom stereocenters. The van der Waals surface area contributed by atoms with E-state index in [2.05, 4.69) is 37.4 Å². The van der Waals surface area contributed by atoms with Crippen molar-refractivity contribution in [3.05, 3.63) is 59.2 Å². The van der Waals surface area contributed by atoms with E-state index in [-0.39, 0.29) is 0 Å². The smallest absolute Gasteiger partial charge is 0.242 e. The van der Waals surface area contributed by atoms with Gasteiger partial charge in [0.05, 0.1) is 4.90 Å². The summed E-state index contributed by atoms with van der Waals surface area (Å²) in [7, 11) is -0.316. The summed E-state index contributed by atoms with van der Waals surface area (Å²) in [4.78, 5) is 0.317. The van der Waals surface area contributed by atoms with Crippen molar-refractivity contribution < 1.29 is 8.42 Å². The van der Waals surface area contributed by atoms with Crippen molar-refractivity contribution in [2.24, 2.45) is 0 Å². The van der Waals surface area contributed by atoms with Crippen LogP contribution in [0.3, 0.4) is 0 Å². The van der Waals surface area contributed by atoms with Crippen LogP contribution in [-0.4, -0.2) is 26.8 Å². The van der Waals surface area contributed by atoms with Crippen LogP contribution in [0.2, 0.25) is 0 Å². The van der Waals surface area contributed by atoms with Crippen molar-refractivity contribution in [1.82, 2.24) is 4.31 Å². The summed E-state index contributed by atoms with van der Waals surface area (Å²) in [5.41, 5.74) is 4.37. The molecule has 5 heteroatoms. The Bertz CT molecular complexity index is 768. The normalized spacial score (nSPS) is 11.7. The topological polar surface area (TPSA) is 49.4 Å². The van der Waals surface area contributed by atoms with Crippen molar-refractivity contribution >= 4 is 15.7 Å². The number of aryl methyl sites for hydroxylation is 2. The number of nitrogens with zero attached hydrogens (tertiary/aromatic N) is 1. The summed E-state index contributed by atoms with van der Waals surface area (Å²) in [5, 5.41) is 3.37. The second-order valence-electron chi connectivity index (χ2n) is 5.61. The summed E-state index contributed by atoms with van der Waals surface area (Å²) in [6.45, 7) is 4.69. The molecule has 0 aromatic heterocycles. The van der Waals surface area contributed by atoms with Crippen LogP contribution in [0, 0.1) is 13.8 Å². The van der Waals surface area contributed by atoms with E-state index in [0.29, 0.717) is 11.4 Å². The Hall–Kier alpha value is -1.85. The minimum atomic E-state index is -3.39. The van der Waals surface area contributed by atoms with Crippen LogP contribution in [-0.2, 0) is 16.6 Å². The maximum Gasteiger partial charge on any atom is 0.242 e. The fraction of sp³-hybridized carbons (Fsp3) is 0.294. The van der Waals surface area contributed by atoms with Gasteiger partial charge in [-0.2, -0.15) is 0 Å². The molecule has 2 rings (SSSR count). The number of nitrogens with one attached hydrogen (secondary N) is 1. The number of hydrogen-bond donors (Lipinski definition) is 1. The number of benzene rings is 2. The van der Waals surface area contributed by atoms with Gasteiger partial charge in [0, 0.05) is 26.3 Å². The van der Waals surface area contributed by atoms with Gasteiger partial charge in [-0.15, -0.1) is 0 Å². The standard InChI is InChI=1S/C17H22N2O2S/c1-13-8-9-14(2)17(10-13)18-12-15-6-5-7-16(11-15)22(20,21)19(3)4/h5-11,18H,12H2,1-4H3. The molecular weight excluding hydrogens is 296 g/mol. The minimum Gasteiger partial charge on any atom is -0.381 e. The molecule has 22 heavy (non-hydrogen) atoms. The Balaban J connectivity index is 2.20. The second-order valence-corrected chi connectivity index (χ2v) is 7.76. The highest BCUT2D eigenvalue weighted by atomic mass is 32.2. The van der Waals surface area contributed by atoms with E-state index >= 15 is 0 Å². The first-order valence-electron chi connectivity index (χ1n) is 7.13. The highest BCUT2D eigenvalue weighted by Crippen LogP contribution is 2.19. The Morgan fingerprint density at radius 3 is 2.45 bits per heavy atom. The van der Waals surface area contributed by atoms with Crippen LogP contribution in [0.15, 0.2) is 47.4 Å². The second kappa shape index (κ2) is 6.50. The number of sulfonamides is 1. The van der Waals surface area contributed by atoms with E-state index in [0.717, 1.165) is 11.3 Å². The molecule has 2 aromatic rings. The largest absolute Gasteiger partial charge is 0.381 e. The van der Waals surface area contributed by atoms with Gasteiger partial charge in [-0.05, 0) is 48.7 Å². The molecule has 0 fully saturated rings. The monoisotopic (exact) mass is 318 g/mol. The van der Waals surface area contributed by atoms with Crippen molar-refractivity contribution in [2.75, 3.05) is 19.4 Å². The van der Waals surface area contributed by atoms with E-state index in [1.54, 1.807) is 18.2 Å². The van der Waals surface area contributed by atoms with E-state index in [1.807, 2.05) is 6.07 Å². The average molecular weight is 318 g/mol. The zero-order chi connectivity index (χ0) is 16.3. The van der Waals surface area contributed by atoms with Crippen molar-refractivity contribution in [3.63, 3.8) is 0 Å². The number of anilines is 1. The molecular formula is C17H22N2O2S. The summed E-state index contributed by atoms with van der Waals surface area (Å²) in [6, 6.07) is 13.3. The summed E-state index contributed by atoms with van der Waals surface area (Å²) < 4.78 is 25.6. The lowest BCUT2D eigenvalue weighted by Gasteiger charge is -2.14. The van der Waals surface area contributed by atoms with E-state index in [9.17, 15) is 8.42 Å². The van der Waals surface area contributed by atoms with Gasteiger partial charge in [-0.3, -0.25) is 0 Å². The van der Waals surface area contributed by atoms with Gasteiger partial charge in [0.25, 0.3) is 0 Å². The summed E-state index contributed by atoms with van der Waals surface area (Å²) in [5.74, 6) is 0.